The number of nitrogens with one attached hydrogen (secondary N) is 1. The number of carbonyl (C=O) groups excluding carboxylic acids is 1. The first-order chi connectivity index (χ1) is 12.1. The maximum Gasteiger partial charge on any atom is 0.412 e. The van der Waals surface area contributed by atoms with Crippen molar-refractivity contribution in [3.8, 4) is 5.75 Å². The molecule has 0 radical (unpaired) electrons. The van der Waals surface area contributed by atoms with Gasteiger partial charge in [-0.3, -0.25) is 0 Å². The molecule has 0 saturated heterocycles. The van der Waals surface area contributed by atoms with E-state index >= 15 is 0 Å². The molecule has 7 heteroatoms. The minimum absolute atomic E-state index is 0.278. The monoisotopic (exact) mass is 419 g/mol. The van der Waals surface area contributed by atoms with Crippen molar-refractivity contribution in [3.63, 3.8) is 0 Å². The van der Waals surface area contributed by atoms with Crippen molar-refractivity contribution >= 4 is 22.0 Å². The lowest BCUT2D eigenvalue weighted by Gasteiger charge is -2.28. The van der Waals surface area contributed by atoms with E-state index in [1.165, 1.54) is 0 Å². The summed E-state index contributed by atoms with van der Waals surface area (Å²) in [6.45, 7) is 1.28. The van der Waals surface area contributed by atoms with Crippen LogP contribution in [0.25, 0.3) is 0 Å². The molecule has 140 valence electrons. The van der Waals surface area contributed by atoms with E-state index in [2.05, 4.69) is 21.2 Å². The quantitative estimate of drug-likeness (QED) is 0.485. The molecule has 1 N–H and O–H groups in total. The van der Waals surface area contributed by atoms with Crippen LogP contribution in [-0.2, 0) is 4.74 Å². The molecule has 0 aromatic heterocycles. The van der Waals surface area contributed by atoms with Crippen LogP contribution in [-0.4, -0.2) is 30.7 Å². The average molecular weight is 420 g/mol. The molecule has 1 aliphatic rings. The number of halogens is 3. The van der Waals surface area contributed by atoms with Gasteiger partial charge in [0.1, 0.15) is 5.82 Å². The summed E-state index contributed by atoms with van der Waals surface area (Å²) in [4.78, 5) is 11.7. The highest BCUT2D eigenvalue weighted by Crippen LogP contribution is 2.26. The zero-order valence-corrected chi connectivity index (χ0v) is 15.7. The van der Waals surface area contributed by atoms with Gasteiger partial charge in [0.25, 0.3) is 0 Å². The summed E-state index contributed by atoms with van der Waals surface area (Å²) in [6.07, 6.45) is 5.72. The van der Waals surface area contributed by atoms with Gasteiger partial charge in [0, 0.05) is 24.5 Å². The van der Waals surface area contributed by atoms with Crippen LogP contribution in [0.3, 0.4) is 0 Å². The fourth-order valence-corrected chi connectivity index (χ4v) is 3.27. The van der Waals surface area contributed by atoms with Gasteiger partial charge in [-0.1, -0.05) is 15.9 Å². The van der Waals surface area contributed by atoms with Crippen molar-refractivity contribution in [2.24, 2.45) is 5.92 Å². The molecule has 4 nitrogen and oxygen atoms in total. The number of carbonyl (C=O) groups is 1. The van der Waals surface area contributed by atoms with E-state index in [0.717, 1.165) is 62.6 Å². The van der Waals surface area contributed by atoms with Crippen LogP contribution in [0.5, 0.6) is 5.75 Å². The van der Waals surface area contributed by atoms with Crippen molar-refractivity contribution in [2.45, 2.75) is 44.6 Å². The van der Waals surface area contributed by atoms with Crippen LogP contribution in [0.2, 0.25) is 0 Å². The van der Waals surface area contributed by atoms with Crippen molar-refractivity contribution in [2.75, 3.05) is 18.5 Å². The van der Waals surface area contributed by atoms with Crippen molar-refractivity contribution in [1.29, 1.82) is 0 Å². The van der Waals surface area contributed by atoms with E-state index in [1.807, 2.05) is 0 Å². The van der Waals surface area contributed by atoms with E-state index in [-0.39, 0.29) is 5.75 Å². The Morgan fingerprint density at radius 3 is 2.64 bits per heavy atom. The molecule has 0 aliphatic heterocycles. The first-order valence-corrected chi connectivity index (χ1v) is 9.79. The van der Waals surface area contributed by atoms with Crippen LogP contribution in [0.4, 0.5) is 13.6 Å². The lowest BCUT2D eigenvalue weighted by atomic mass is 9.87. The van der Waals surface area contributed by atoms with Gasteiger partial charge in [-0.15, -0.1) is 0 Å². The number of hydrogen-bond acceptors (Lipinski definition) is 3. The van der Waals surface area contributed by atoms with Gasteiger partial charge in [0.05, 0.1) is 6.10 Å². The highest BCUT2D eigenvalue weighted by molar-refractivity contribution is 9.09. The molecule has 2 rings (SSSR count). The molecule has 1 saturated carbocycles. The molecule has 0 unspecified atom stereocenters. The number of benzene rings is 1. The van der Waals surface area contributed by atoms with E-state index in [9.17, 15) is 13.6 Å². The number of ether oxygens (including phenoxy) is 2. The van der Waals surface area contributed by atoms with Gasteiger partial charge in [-0.05, 0) is 56.6 Å². The molecule has 1 amide bonds. The maximum absolute atomic E-state index is 13.4. The van der Waals surface area contributed by atoms with Gasteiger partial charge in [-0.2, -0.15) is 0 Å². The summed E-state index contributed by atoms with van der Waals surface area (Å²) < 4.78 is 37.0. The standard InChI is InChI=1S/C18H24BrF2NO3/c19-9-1-2-10-24-15-6-3-13(4-7-15)12-22-18(23)25-17-8-5-14(20)11-16(17)21/h5,8,11,13,15H,1-4,6-7,9-10,12H2,(H,22,23). The minimum atomic E-state index is -0.896. The number of hydrogen-bond donors (Lipinski definition) is 1. The summed E-state index contributed by atoms with van der Waals surface area (Å²) in [5.74, 6) is -1.52. The average Bonchev–Trinajstić information content (AvgIpc) is 2.60. The third-order valence-corrected chi connectivity index (χ3v) is 4.87. The second-order valence-corrected chi connectivity index (χ2v) is 7.05. The predicted molar refractivity (Wildman–Crippen MR) is 95.1 cm³/mol. The summed E-state index contributed by atoms with van der Waals surface area (Å²) in [5.41, 5.74) is 0. The molecular weight excluding hydrogens is 396 g/mol. The third kappa shape index (κ3) is 7.28. The smallest absolute Gasteiger partial charge is 0.407 e. The van der Waals surface area contributed by atoms with Crippen molar-refractivity contribution in [1.82, 2.24) is 5.32 Å². The lowest BCUT2D eigenvalue weighted by Crippen LogP contribution is -2.34. The zero-order chi connectivity index (χ0) is 18.1. The van der Waals surface area contributed by atoms with Crippen LogP contribution >= 0.6 is 15.9 Å². The Labute approximate surface area is 155 Å². The van der Waals surface area contributed by atoms with Crippen LogP contribution < -0.4 is 10.1 Å². The minimum Gasteiger partial charge on any atom is -0.407 e. The zero-order valence-electron chi connectivity index (χ0n) is 14.1. The number of unbranched alkanes of at least 4 members (excludes halogenated alkanes) is 1. The largest absolute Gasteiger partial charge is 0.412 e. The predicted octanol–water partition coefficient (Wildman–Crippen LogP) is 4.80. The van der Waals surface area contributed by atoms with Crippen molar-refractivity contribution in [3.05, 3.63) is 29.8 Å². The first-order valence-electron chi connectivity index (χ1n) is 8.66. The Bertz CT molecular complexity index is 551. The van der Waals surface area contributed by atoms with Crippen molar-refractivity contribution < 1.29 is 23.0 Å². The molecule has 1 aromatic rings. The molecular formula is C18H24BrF2NO3. The van der Waals surface area contributed by atoms with Crippen LogP contribution in [0, 0.1) is 17.6 Å². The number of rotatable bonds is 8. The highest BCUT2D eigenvalue weighted by atomic mass is 79.9. The number of amides is 1. The summed E-state index contributed by atoms with van der Waals surface area (Å²) in [6, 6.07) is 2.83. The summed E-state index contributed by atoms with van der Waals surface area (Å²) in [7, 11) is 0. The second-order valence-electron chi connectivity index (χ2n) is 6.25. The SMILES string of the molecule is O=C(NCC1CCC(OCCCCBr)CC1)Oc1ccc(F)cc1F. The molecule has 1 fully saturated rings. The fraction of sp³-hybridized carbons (Fsp3) is 0.611. The Morgan fingerprint density at radius 2 is 1.96 bits per heavy atom. The molecule has 0 bridgehead atoms. The normalized spacial score (nSPS) is 20.3. The molecule has 1 aromatic carbocycles. The topological polar surface area (TPSA) is 47.6 Å². The van der Waals surface area contributed by atoms with E-state index in [4.69, 9.17) is 9.47 Å². The number of alkyl halides is 1. The molecule has 25 heavy (non-hydrogen) atoms. The second kappa shape index (κ2) is 10.7. The Kier molecular flexibility index (Phi) is 8.61. The van der Waals surface area contributed by atoms with E-state index in [0.29, 0.717) is 24.6 Å². The van der Waals surface area contributed by atoms with Gasteiger partial charge in [-0.25, -0.2) is 13.6 Å². The third-order valence-electron chi connectivity index (χ3n) is 4.31. The summed E-state index contributed by atoms with van der Waals surface area (Å²) in [5, 5.41) is 3.66. The highest BCUT2D eigenvalue weighted by Gasteiger charge is 2.22. The Balaban J connectivity index is 1.63. The maximum atomic E-state index is 13.4. The first kappa shape index (κ1) is 20.1. The van der Waals surface area contributed by atoms with E-state index < -0.39 is 17.7 Å². The molecule has 0 spiro atoms. The Morgan fingerprint density at radius 1 is 1.20 bits per heavy atom. The van der Waals surface area contributed by atoms with Crippen LogP contribution in [0.15, 0.2) is 18.2 Å². The van der Waals surface area contributed by atoms with Crippen LogP contribution in [0.1, 0.15) is 38.5 Å². The van der Waals surface area contributed by atoms with Gasteiger partial charge in [0.15, 0.2) is 11.6 Å². The van der Waals surface area contributed by atoms with Gasteiger partial charge in [0.2, 0.25) is 0 Å². The molecule has 0 heterocycles. The lowest BCUT2D eigenvalue weighted by molar-refractivity contribution is 0.0170. The van der Waals surface area contributed by atoms with E-state index in [1.54, 1.807) is 0 Å². The summed E-state index contributed by atoms with van der Waals surface area (Å²) >= 11 is 3.40. The molecule has 0 atom stereocenters. The fourth-order valence-electron chi connectivity index (χ4n) is 2.87. The van der Waals surface area contributed by atoms with Gasteiger partial charge >= 0.3 is 6.09 Å². The van der Waals surface area contributed by atoms with Gasteiger partial charge < -0.3 is 14.8 Å². The Hall–Kier alpha value is -1.21. The molecule has 1 aliphatic carbocycles.